The number of carbonyl (C=O) groups is 1. The Hall–Kier alpha value is -2.19. The maximum atomic E-state index is 11.8. The highest BCUT2D eigenvalue weighted by Crippen LogP contribution is 2.28. The van der Waals surface area contributed by atoms with Crippen LogP contribution in [0.1, 0.15) is 18.2 Å². The monoisotopic (exact) mass is 296 g/mol. The molecule has 1 fully saturated rings. The summed E-state index contributed by atoms with van der Waals surface area (Å²) in [5, 5.41) is 9.91. The van der Waals surface area contributed by atoms with Crippen molar-refractivity contribution in [2.45, 2.75) is 31.8 Å². The van der Waals surface area contributed by atoms with Gasteiger partial charge >= 0.3 is 11.7 Å². The van der Waals surface area contributed by atoms with Crippen molar-refractivity contribution in [3.63, 3.8) is 0 Å². The fourth-order valence-corrected chi connectivity index (χ4v) is 2.06. The van der Waals surface area contributed by atoms with E-state index < -0.39 is 35.7 Å². The van der Waals surface area contributed by atoms with Crippen LogP contribution in [0.15, 0.2) is 27.9 Å². The highest BCUT2D eigenvalue weighted by Gasteiger charge is 2.34. The number of hydrogen-bond acceptors (Lipinski definition) is 6. The minimum atomic E-state index is -0.866. The van der Waals surface area contributed by atoms with E-state index in [0.29, 0.717) is 5.56 Å². The maximum Gasteiger partial charge on any atom is 0.330 e. The summed E-state index contributed by atoms with van der Waals surface area (Å²) in [5.74, 6) is -0.564. The summed E-state index contributed by atoms with van der Waals surface area (Å²) in [7, 11) is 1.24. The third-order valence-electron chi connectivity index (χ3n) is 3.22. The van der Waals surface area contributed by atoms with Crippen LogP contribution < -0.4 is 11.2 Å². The molecule has 1 saturated heterocycles. The van der Waals surface area contributed by atoms with Gasteiger partial charge in [-0.05, 0) is 13.0 Å². The van der Waals surface area contributed by atoms with Gasteiger partial charge in [-0.1, -0.05) is 0 Å². The zero-order valence-corrected chi connectivity index (χ0v) is 11.6. The molecule has 1 aliphatic heterocycles. The number of aliphatic hydroxyl groups is 1. The number of esters is 1. The second kappa shape index (κ2) is 6.06. The second-order valence-electron chi connectivity index (χ2n) is 4.72. The number of aliphatic hydroxyl groups excluding tert-OH is 1. The first-order valence-electron chi connectivity index (χ1n) is 6.34. The molecule has 0 unspecified atom stereocenters. The van der Waals surface area contributed by atoms with Gasteiger partial charge in [0, 0.05) is 24.3 Å². The Bertz CT molecular complexity index is 674. The summed E-state index contributed by atoms with van der Waals surface area (Å²) in [6.45, 7) is 1.56. The van der Waals surface area contributed by atoms with E-state index in [9.17, 15) is 19.5 Å². The molecule has 0 aromatic carbocycles. The predicted molar refractivity (Wildman–Crippen MR) is 71.7 cm³/mol. The molecule has 21 heavy (non-hydrogen) atoms. The van der Waals surface area contributed by atoms with Crippen molar-refractivity contribution in [3.05, 3.63) is 44.8 Å². The van der Waals surface area contributed by atoms with Gasteiger partial charge in [0.25, 0.3) is 5.56 Å². The number of rotatable bonds is 3. The summed E-state index contributed by atoms with van der Waals surface area (Å²) in [4.78, 5) is 36.3. The molecular weight excluding hydrogens is 280 g/mol. The minimum Gasteiger partial charge on any atom is -0.466 e. The topological polar surface area (TPSA) is 111 Å². The molecule has 0 aliphatic carbocycles. The molecule has 8 heteroatoms. The molecule has 114 valence electrons. The van der Waals surface area contributed by atoms with Crippen LogP contribution in [-0.4, -0.2) is 39.9 Å². The van der Waals surface area contributed by atoms with Gasteiger partial charge in [0.05, 0.1) is 13.2 Å². The zero-order chi connectivity index (χ0) is 15.6. The molecule has 3 atom stereocenters. The van der Waals surface area contributed by atoms with Gasteiger partial charge in [0.1, 0.15) is 12.3 Å². The van der Waals surface area contributed by atoms with Gasteiger partial charge < -0.3 is 14.6 Å². The number of carbonyl (C=O) groups excluding carboxylic acids is 1. The van der Waals surface area contributed by atoms with Crippen molar-refractivity contribution < 1.29 is 19.4 Å². The van der Waals surface area contributed by atoms with Crippen LogP contribution in [0.4, 0.5) is 0 Å². The van der Waals surface area contributed by atoms with Gasteiger partial charge in [0.2, 0.25) is 0 Å². The Morgan fingerprint density at radius 2 is 2.29 bits per heavy atom. The van der Waals surface area contributed by atoms with Crippen molar-refractivity contribution in [2.24, 2.45) is 0 Å². The summed E-state index contributed by atoms with van der Waals surface area (Å²) in [5.41, 5.74) is -0.710. The Kier molecular flexibility index (Phi) is 4.39. The Labute approximate surface area is 119 Å². The molecule has 0 bridgehead atoms. The van der Waals surface area contributed by atoms with Gasteiger partial charge in [-0.2, -0.15) is 0 Å². The van der Waals surface area contributed by atoms with E-state index in [4.69, 9.17) is 4.74 Å². The zero-order valence-electron chi connectivity index (χ0n) is 11.6. The van der Waals surface area contributed by atoms with E-state index in [2.05, 4.69) is 9.72 Å². The molecule has 2 heterocycles. The van der Waals surface area contributed by atoms with E-state index in [1.54, 1.807) is 6.92 Å². The van der Waals surface area contributed by atoms with E-state index >= 15 is 0 Å². The molecule has 0 saturated carbocycles. The number of nitrogens with one attached hydrogen (secondary N) is 1. The average Bonchev–Trinajstić information content (AvgIpc) is 2.81. The molecule has 1 aromatic rings. The maximum absolute atomic E-state index is 11.8. The van der Waals surface area contributed by atoms with Crippen LogP contribution in [-0.2, 0) is 14.3 Å². The lowest BCUT2D eigenvalue weighted by Crippen LogP contribution is -2.33. The number of methoxy groups -OCH3 is 1. The number of hydrogen-bond donors (Lipinski definition) is 2. The van der Waals surface area contributed by atoms with Crippen molar-refractivity contribution in [1.82, 2.24) is 9.55 Å². The smallest absolute Gasteiger partial charge is 0.330 e. The molecule has 1 aliphatic rings. The first kappa shape index (κ1) is 15.2. The minimum absolute atomic E-state index is 0.168. The van der Waals surface area contributed by atoms with Crippen LogP contribution in [0.5, 0.6) is 0 Å². The number of aromatic nitrogens is 2. The molecule has 0 amide bonds. The van der Waals surface area contributed by atoms with Crippen LogP contribution in [0, 0.1) is 6.92 Å². The van der Waals surface area contributed by atoms with Crippen LogP contribution in [0.2, 0.25) is 0 Å². The fourth-order valence-electron chi connectivity index (χ4n) is 2.06. The Morgan fingerprint density at radius 1 is 1.57 bits per heavy atom. The summed E-state index contributed by atoms with van der Waals surface area (Å²) < 4.78 is 11.2. The van der Waals surface area contributed by atoms with E-state index in [0.717, 1.165) is 6.08 Å². The lowest BCUT2D eigenvalue weighted by Gasteiger charge is -2.14. The third-order valence-corrected chi connectivity index (χ3v) is 3.22. The third kappa shape index (κ3) is 3.29. The largest absolute Gasteiger partial charge is 0.466 e. The van der Waals surface area contributed by atoms with Crippen molar-refractivity contribution in [2.75, 3.05) is 7.11 Å². The summed E-state index contributed by atoms with van der Waals surface area (Å²) in [6, 6.07) is 0. The van der Waals surface area contributed by atoms with Crippen LogP contribution in [0.3, 0.4) is 0 Å². The molecule has 0 spiro atoms. The quantitative estimate of drug-likeness (QED) is 0.559. The molecule has 8 nitrogen and oxygen atoms in total. The van der Waals surface area contributed by atoms with Gasteiger partial charge in [-0.25, -0.2) is 9.59 Å². The predicted octanol–water partition coefficient (Wildman–Crippen LogP) is -0.777. The first-order chi connectivity index (χ1) is 9.92. The number of H-pyrrole nitrogens is 1. The SMILES string of the molecule is COC(=O)C=C[C@H]1O[C@@H](n2cc(C)c(=O)[nH]c2=O)C[C@@H]1O. The Balaban J connectivity index is 2.20. The highest BCUT2D eigenvalue weighted by atomic mass is 16.5. The van der Waals surface area contributed by atoms with Gasteiger partial charge in [-0.3, -0.25) is 14.3 Å². The second-order valence-corrected chi connectivity index (χ2v) is 4.72. The van der Waals surface area contributed by atoms with Gasteiger partial charge in [0.15, 0.2) is 0 Å². The standard InChI is InChI=1S/C13H16N2O6/c1-7-6-15(13(19)14-12(7)18)10-5-8(16)9(21-10)3-4-11(17)20-2/h3-4,6,8-10,16H,5H2,1-2H3,(H,14,18,19)/t8-,9+,10+/m0/s1. The number of ether oxygens (including phenoxy) is 2. The molecule has 1 aromatic heterocycles. The molecule has 0 radical (unpaired) electrons. The van der Waals surface area contributed by atoms with Crippen molar-refractivity contribution in [3.8, 4) is 0 Å². The molecule has 2 rings (SSSR count). The summed E-state index contributed by atoms with van der Waals surface area (Å²) >= 11 is 0. The van der Waals surface area contributed by atoms with Gasteiger partial charge in [-0.15, -0.1) is 0 Å². The molecule has 2 N–H and O–H groups in total. The van der Waals surface area contributed by atoms with E-state index in [1.807, 2.05) is 0 Å². The first-order valence-corrected chi connectivity index (χ1v) is 6.34. The lowest BCUT2D eigenvalue weighted by molar-refractivity contribution is -0.134. The number of aromatic amines is 1. The van der Waals surface area contributed by atoms with E-state index in [-0.39, 0.29) is 6.42 Å². The van der Waals surface area contributed by atoms with Crippen LogP contribution >= 0.6 is 0 Å². The van der Waals surface area contributed by atoms with Crippen LogP contribution in [0.25, 0.3) is 0 Å². The fraction of sp³-hybridized carbons (Fsp3) is 0.462. The van der Waals surface area contributed by atoms with Crippen molar-refractivity contribution >= 4 is 5.97 Å². The summed E-state index contributed by atoms with van der Waals surface area (Å²) in [6.07, 6.45) is 1.77. The average molecular weight is 296 g/mol. The van der Waals surface area contributed by atoms with E-state index in [1.165, 1.54) is 23.9 Å². The lowest BCUT2D eigenvalue weighted by atomic mass is 10.1. The molecular formula is C13H16N2O6. The van der Waals surface area contributed by atoms with Crippen molar-refractivity contribution in [1.29, 1.82) is 0 Å². The Morgan fingerprint density at radius 3 is 2.95 bits per heavy atom. The number of nitrogens with zero attached hydrogens (tertiary/aromatic N) is 1. The normalized spacial score (nSPS) is 25.4. The number of aryl methyl sites for hydroxylation is 1. The highest BCUT2D eigenvalue weighted by molar-refractivity contribution is 5.81.